The summed E-state index contributed by atoms with van der Waals surface area (Å²) in [5.41, 5.74) is 1.74. The van der Waals surface area contributed by atoms with Gasteiger partial charge in [-0.3, -0.25) is 14.9 Å². The van der Waals surface area contributed by atoms with Gasteiger partial charge in [-0.2, -0.15) is 0 Å². The summed E-state index contributed by atoms with van der Waals surface area (Å²) in [6.45, 7) is 1.74. The van der Waals surface area contributed by atoms with Gasteiger partial charge < -0.3 is 9.67 Å². The van der Waals surface area contributed by atoms with Gasteiger partial charge in [0.15, 0.2) is 0 Å². The Morgan fingerprint density at radius 2 is 2.05 bits per heavy atom. The number of hydrogen-bond acceptors (Lipinski definition) is 3. The van der Waals surface area contributed by atoms with Crippen LogP contribution in [-0.4, -0.2) is 26.5 Å². The number of fused-ring (bicyclic) bond motifs is 1. The quantitative estimate of drug-likeness (QED) is 0.874. The summed E-state index contributed by atoms with van der Waals surface area (Å²) in [6.07, 6.45) is 0.144. The van der Waals surface area contributed by atoms with Crippen molar-refractivity contribution in [3.63, 3.8) is 0 Å². The first-order valence-corrected chi connectivity index (χ1v) is 6.40. The molecule has 1 aromatic carbocycles. The van der Waals surface area contributed by atoms with E-state index in [1.165, 1.54) is 0 Å². The lowest BCUT2D eigenvalue weighted by molar-refractivity contribution is -0.138. The second kappa shape index (κ2) is 5.73. The van der Waals surface area contributed by atoms with E-state index in [0.29, 0.717) is 5.95 Å². The van der Waals surface area contributed by atoms with Gasteiger partial charge in [0.1, 0.15) is 0 Å². The van der Waals surface area contributed by atoms with Gasteiger partial charge >= 0.3 is 5.97 Å². The SMILES string of the molecule is CC(CC(=O)O)CC(=O)Nc1nc2ccccc2n1C. The molecule has 106 valence electrons. The number of carboxylic acid groups (broad SMARTS) is 1. The largest absolute Gasteiger partial charge is 0.481 e. The minimum absolute atomic E-state index is 0.0179. The summed E-state index contributed by atoms with van der Waals surface area (Å²) in [6, 6.07) is 7.59. The third-order valence-electron chi connectivity index (χ3n) is 3.10. The lowest BCUT2D eigenvalue weighted by atomic mass is 10.0. The molecule has 2 rings (SSSR count). The van der Waals surface area contributed by atoms with Crippen LogP contribution in [0.1, 0.15) is 19.8 Å². The standard InChI is InChI=1S/C14H17N3O3/c1-9(8-13(19)20)7-12(18)16-14-15-10-5-3-4-6-11(10)17(14)2/h3-6,9H,7-8H2,1-2H3,(H,19,20)(H,15,16,18). The molecule has 1 heterocycles. The van der Waals surface area contributed by atoms with Gasteiger partial charge in [0, 0.05) is 19.9 Å². The number of benzene rings is 1. The number of nitrogens with one attached hydrogen (secondary N) is 1. The van der Waals surface area contributed by atoms with Crippen LogP contribution in [0.2, 0.25) is 0 Å². The molecule has 0 spiro atoms. The van der Waals surface area contributed by atoms with Crippen molar-refractivity contribution in [1.82, 2.24) is 9.55 Å². The first kappa shape index (κ1) is 14.0. The van der Waals surface area contributed by atoms with Crippen LogP contribution in [0.15, 0.2) is 24.3 Å². The smallest absolute Gasteiger partial charge is 0.303 e. The Morgan fingerprint density at radius 3 is 2.70 bits per heavy atom. The number of aliphatic carboxylic acids is 1. The van der Waals surface area contributed by atoms with Crippen molar-refractivity contribution in [3.8, 4) is 0 Å². The average molecular weight is 275 g/mol. The van der Waals surface area contributed by atoms with Gasteiger partial charge in [-0.1, -0.05) is 19.1 Å². The fourth-order valence-corrected chi connectivity index (χ4v) is 2.12. The van der Waals surface area contributed by atoms with Crippen molar-refractivity contribution in [2.45, 2.75) is 19.8 Å². The van der Waals surface area contributed by atoms with E-state index in [1.807, 2.05) is 31.3 Å². The van der Waals surface area contributed by atoms with Crippen molar-refractivity contribution in [1.29, 1.82) is 0 Å². The van der Waals surface area contributed by atoms with Crippen molar-refractivity contribution < 1.29 is 14.7 Å². The minimum atomic E-state index is -0.895. The molecule has 6 heteroatoms. The highest BCUT2D eigenvalue weighted by atomic mass is 16.4. The van der Waals surface area contributed by atoms with Crippen LogP contribution in [0.25, 0.3) is 11.0 Å². The predicted octanol–water partition coefficient (Wildman–Crippen LogP) is 2.01. The maximum atomic E-state index is 11.9. The molecule has 0 aliphatic heterocycles. The average Bonchev–Trinajstić information content (AvgIpc) is 2.65. The van der Waals surface area contributed by atoms with E-state index in [0.717, 1.165) is 11.0 Å². The summed E-state index contributed by atoms with van der Waals surface area (Å²) < 4.78 is 1.80. The monoisotopic (exact) mass is 275 g/mol. The molecule has 2 aromatic rings. The molecule has 0 aliphatic carbocycles. The molecule has 2 N–H and O–H groups in total. The number of amides is 1. The van der Waals surface area contributed by atoms with Crippen molar-refractivity contribution in [2.24, 2.45) is 13.0 Å². The number of carbonyl (C=O) groups is 2. The molecule has 1 amide bonds. The second-order valence-corrected chi connectivity index (χ2v) is 4.94. The molecule has 20 heavy (non-hydrogen) atoms. The molecule has 0 fully saturated rings. The lowest BCUT2D eigenvalue weighted by Gasteiger charge is -2.09. The molecular weight excluding hydrogens is 258 g/mol. The number of carbonyl (C=O) groups excluding carboxylic acids is 1. The molecule has 1 aromatic heterocycles. The van der Waals surface area contributed by atoms with E-state index in [4.69, 9.17) is 5.11 Å². The van der Waals surface area contributed by atoms with Crippen LogP contribution >= 0.6 is 0 Å². The van der Waals surface area contributed by atoms with Crippen LogP contribution < -0.4 is 5.32 Å². The first-order valence-electron chi connectivity index (χ1n) is 6.40. The normalized spacial score (nSPS) is 12.3. The highest BCUT2D eigenvalue weighted by molar-refractivity contribution is 5.91. The van der Waals surface area contributed by atoms with E-state index in [9.17, 15) is 9.59 Å². The van der Waals surface area contributed by atoms with Gasteiger partial charge in [0.25, 0.3) is 0 Å². The first-order chi connectivity index (χ1) is 9.47. The summed E-state index contributed by atoms with van der Waals surface area (Å²) in [5, 5.41) is 11.4. The number of para-hydroxylation sites is 2. The highest BCUT2D eigenvalue weighted by Crippen LogP contribution is 2.18. The second-order valence-electron chi connectivity index (χ2n) is 4.94. The van der Waals surface area contributed by atoms with Crippen molar-refractivity contribution >= 4 is 28.9 Å². The number of imidazole rings is 1. The number of aromatic nitrogens is 2. The zero-order chi connectivity index (χ0) is 14.7. The van der Waals surface area contributed by atoms with Crippen LogP contribution in [0.4, 0.5) is 5.95 Å². The van der Waals surface area contributed by atoms with Gasteiger partial charge in [-0.05, 0) is 18.1 Å². The van der Waals surface area contributed by atoms with Gasteiger partial charge in [-0.25, -0.2) is 4.98 Å². The summed E-state index contributed by atoms with van der Waals surface area (Å²) in [4.78, 5) is 26.8. The number of aryl methyl sites for hydroxylation is 1. The number of hydrogen-bond donors (Lipinski definition) is 2. The Bertz CT molecular complexity index is 648. The number of carboxylic acids is 1. The zero-order valence-electron chi connectivity index (χ0n) is 11.5. The van der Waals surface area contributed by atoms with Crippen molar-refractivity contribution in [2.75, 3.05) is 5.32 Å². The Morgan fingerprint density at radius 1 is 1.35 bits per heavy atom. The zero-order valence-corrected chi connectivity index (χ0v) is 11.5. The van der Waals surface area contributed by atoms with Crippen molar-refractivity contribution in [3.05, 3.63) is 24.3 Å². The summed E-state index contributed by atoms with van der Waals surface area (Å²) in [5.74, 6) is -0.855. The maximum Gasteiger partial charge on any atom is 0.303 e. The molecule has 1 unspecified atom stereocenters. The van der Waals surface area contributed by atoms with E-state index < -0.39 is 5.97 Å². The van der Waals surface area contributed by atoms with Crippen LogP contribution in [0.3, 0.4) is 0 Å². The highest BCUT2D eigenvalue weighted by Gasteiger charge is 2.15. The molecule has 6 nitrogen and oxygen atoms in total. The van der Waals surface area contributed by atoms with Crippen LogP contribution in [0.5, 0.6) is 0 Å². The molecular formula is C14H17N3O3. The third-order valence-corrected chi connectivity index (χ3v) is 3.10. The third kappa shape index (κ3) is 3.14. The minimum Gasteiger partial charge on any atom is -0.481 e. The molecule has 0 bridgehead atoms. The van der Waals surface area contributed by atoms with E-state index in [2.05, 4.69) is 10.3 Å². The molecule has 0 aliphatic rings. The lowest BCUT2D eigenvalue weighted by Crippen LogP contribution is -2.18. The Hall–Kier alpha value is -2.37. The van der Waals surface area contributed by atoms with Gasteiger partial charge in [0.2, 0.25) is 11.9 Å². The molecule has 0 radical (unpaired) electrons. The fourth-order valence-electron chi connectivity index (χ4n) is 2.12. The van der Waals surface area contributed by atoms with Gasteiger partial charge in [-0.15, -0.1) is 0 Å². The topological polar surface area (TPSA) is 84.2 Å². The molecule has 0 saturated carbocycles. The van der Waals surface area contributed by atoms with E-state index in [-0.39, 0.29) is 24.7 Å². The van der Waals surface area contributed by atoms with Crippen LogP contribution in [0, 0.1) is 5.92 Å². The summed E-state index contributed by atoms with van der Waals surface area (Å²) in [7, 11) is 1.83. The summed E-state index contributed by atoms with van der Waals surface area (Å²) >= 11 is 0. The van der Waals surface area contributed by atoms with Gasteiger partial charge in [0.05, 0.1) is 11.0 Å². The Balaban J connectivity index is 2.06. The van der Waals surface area contributed by atoms with Crippen LogP contribution in [-0.2, 0) is 16.6 Å². The fraction of sp³-hybridized carbons (Fsp3) is 0.357. The number of anilines is 1. The number of rotatable bonds is 5. The number of nitrogens with zero attached hydrogens (tertiary/aromatic N) is 2. The maximum absolute atomic E-state index is 11.9. The van der Waals surface area contributed by atoms with E-state index >= 15 is 0 Å². The Kier molecular flexibility index (Phi) is 4.02. The molecule has 0 saturated heterocycles. The molecule has 1 atom stereocenters. The van der Waals surface area contributed by atoms with E-state index in [1.54, 1.807) is 11.5 Å². The Labute approximate surface area is 116 Å². The predicted molar refractivity (Wildman–Crippen MR) is 75.4 cm³/mol.